The molecular formula is C52H62N4O9S2. The molecule has 5 heterocycles. The molecule has 6 aliphatic rings. The number of benzene rings is 2. The lowest BCUT2D eigenvalue weighted by molar-refractivity contribution is -0.186. The quantitative estimate of drug-likeness (QED) is 0.0371. The molecule has 0 bridgehead atoms. The zero-order valence-electron chi connectivity index (χ0n) is 38.6. The van der Waals surface area contributed by atoms with Gasteiger partial charge < -0.3 is 50.2 Å². The van der Waals surface area contributed by atoms with Crippen molar-refractivity contribution in [3.05, 3.63) is 122 Å². The van der Waals surface area contributed by atoms with Gasteiger partial charge in [-0.25, -0.2) is 9.59 Å². The van der Waals surface area contributed by atoms with Gasteiger partial charge in [-0.15, -0.1) is 0 Å². The smallest absolute Gasteiger partial charge is 0.339 e. The summed E-state index contributed by atoms with van der Waals surface area (Å²) in [5.74, 6) is 0.355. The topological polar surface area (TPSA) is 194 Å². The molecule has 9 rings (SSSR count). The minimum atomic E-state index is -1.24. The van der Waals surface area contributed by atoms with Gasteiger partial charge in [0.15, 0.2) is 11.2 Å². The second kappa shape index (κ2) is 19.3. The highest BCUT2D eigenvalue weighted by molar-refractivity contribution is 8.77. The lowest BCUT2D eigenvalue weighted by atomic mass is 9.61. The number of nitrogens with zero attached hydrogens (tertiary/aromatic N) is 1. The maximum Gasteiger partial charge on any atom is 0.339 e. The Bertz CT molecular complexity index is 2610. The Hall–Kier alpha value is -4.80. The summed E-state index contributed by atoms with van der Waals surface area (Å²) < 4.78 is 20.0. The molecule has 356 valence electrons. The van der Waals surface area contributed by atoms with Crippen molar-refractivity contribution in [2.45, 2.75) is 107 Å². The zero-order valence-corrected chi connectivity index (χ0v) is 40.3. The Balaban J connectivity index is 1.08. The number of ether oxygens (including phenoxy) is 2. The number of carbonyl (C=O) groups excluding carboxylic acids is 3. The molecule has 15 heteroatoms. The average molecular weight is 951 g/mol. The SMILES string of the molecule is C/C=C(\C)C(=O)O[C@]1(C)CC=C2CSS[C@@H]3C[C@H](C=O)[C@@H](NC)[C@H]4CN(C(=O)CC5=C(C=C(N)NC5)[C@@H]2[C@]12Cc1cc5cc(C[C@H](CO)CC[C@H](O)Cc6ccccc6)c(=O)oc5cc1O2)[C@H]43. The molecule has 13 nitrogen and oxygen atoms in total. The second-order valence-electron chi connectivity index (χ2n) is 19.5. The molecule has 4 aliphatic heterocycles. The summed E-state index contributed by atoms with van der Waals surface area (Å²) in [4.78, 5) is 56.6. The van der Waals surface area contributed by atoms with Gasteiger partial charge in [-0.3, -0.25) is 4.79 Å². The first-order valence-corrected chi connectivity index (χ1v) is 26.0. The summed E-state index contributed by atoms with van der Waals surface area (Å²) in [6.07, 6.45) is 9.57. The number of rotatable bonds is 12. The van der Waals surface area contributed by atoms with Crippen LogP contribution in [-0.4, -0.2) is 100 Å². The van der Waals surface area contributed by atoms with E-state index in [1.54, 1.807) is 47.6 Å². The first-order chi connectivity index (χ1) is 32.3. The first kappa shape index (κ1) is 47.3. The third kappa shape index (κ3) is 8.90. The molecule has 0 unspecified atom stereocenters. The van der Waals surface area contributed by atoms with Gasteiger partial charge in [-0.2, -0.15) is 0 Å². The minimum Gasteiger partial charge on any atom is -0.481 e. The molecular weight excluding hydrogens is 889 g/mol. The van der Waals surface area contributed by atoms with Crippen molar-refractivity contribution in [2.75, 3.05) is 32.5 Å². The lowest BCUT2D eigenvalue weighted by Gasteiger charge is -2.58. The Labute approximate surface area is 399 Å². The minimum absolute atomic E-state index is 0.00837. The van der Waals surface area contributed by atoms with E-state index in [1.807, 2.05) is 67.4 Å². The molecule has 2 aliphatic carbocycles. The fourth-order valence-corrected chi connectivity index (χ4v) is 14.8. The third-order valence-corrected chi connectivity index (χ3v) is 18.3. The predicted octanol–water partition coefficient (Wildman–Crippen LogP) is 5.70. The molecule has 1 saturated carbocycles. The number of dihydropyridines is 1. The van der Waals surface area contributed by atoms with E-state index in [1.165, 1.54) is 0 Å². The number of hydrogen-bond donors (Lipinski definition) is 5. The summed E-state index contributed by atoms with van der Waals surface area (Å²) in [6.45, 7) is 6.23. The highest BCUT2D eigenvalue weighted by Gasteiger charge is 2.64. The molecule has 2 aromatic carbocycles. The summed E-state index contributed by atoms with van der Waals surface area (Å²) in [6, 6.07) is 15.4. The van der Waals surface area contributed by atoms with Gasteiger partial charge in [0, 0.05) is 84.0 Å². The Morgan fingerprint density at radius 1 is 1.16 bits per heavy atom. The van der Waals surface area contributed by atoms with Crippen molar-refractivity contribution in [3.63, 3.8) is 0 Å². The van der Waals surface area contributed by atoms with Crippen LogP contribution in [0.1, 0.15) is 69.6 Å². The Kier molecular flexibility index (Phi) is 13.6. The maximum atomic E-state index is 14.6. The number of nitrogens with one attached hydrogen (secondary N) is 2. The van der Waals surface area contributed by atoms with Gasteiger partial charge >= 0.3 is 11.6 Å². The van der Waals surface area contributed by atoms with Crippen LogP contribution >= 0.6 is 21.6 Å². The first-order valence-electron chi connectivity index (χ1n) is 23.6. The molecule has 1 amide bonds. The largest absolute Gasteiger partial charge is 0.481 e. The standard InChI is InChI=1S/C52H62N4O9S2/c1-5-29(2)49(61)65-51(3)14-13-32-28-66-67-43-19-37(27-58)47(54-4)40-25-56(48(40)43)45(60)20-36-24-55-44(53)21-39(36)46(32)52(51)23-35-18-33-17-34(50(62)63-41(33)22-42(35)64-52)15-31(26-57)11-12-38(59)16-30-9-7-6-8-10-30/h5-10,13,17-18,21-22,27,31,37-38,40,43,46-48,54-55,57,59H,11-12,14-16,19-20,23-26,28,53H2,1-4H3/b29-5+/t31-,37-,38+,40-,43-,46-,47-,48-,51-,52-/m1/s1. The van der Waals surface area contributed by atoms with Crippen LogP contribution < -0.4 is 26.7 Å². The molecule has 67 heavy (non-hydrogen) atoms. The third-order valence-electron chi connectivity index (χ3n) is 15.4. The number of allylic oxidation sites excluding steroid dienone is 2. The van der Waals surface area contributed by atoms with Crippen LogP contribution in [0.5, 0.6) is 5.75 Å². The highest BCUT2D eigenvalue weighted by Crippen LogP contribution is 2.58. The number of esters is 1. The van der Waals surface area contributed by atoms with Crippen LogP contribution in [0.25, 0.3) is 11.0 Å². The fourth-order valence-electron chi connectivity index (χ4n) is 11.6. The fraction of sp³-hybridized carbons (Fsp3) is 0.500. The van der Waals surface area contributed by atoms with Crippen molar-refractivity contribution in [1.29, 1.82) is 0 Å². The van der Waals surface area contributed by atoms with Gasteiger partial charge in [-0.1, -0.05) is 69.6 Å². The van der Waals surface area contributed by atoms with Crippen LogP contribution in [0.3, 0.4) is 0 Å². The second-order valence-corrected chi connectivity index (χ2v) is 22.2. The highest BCUT2D eigenvalue weighted by atomic mass is 33.1. The monoisotopic (exact) mass is 950 g/mol. The van der Waals surface area contributed by atoms with Gasteiger partial charge in [0.2, 0.25) is 5.91 Å². The number of hydrogen-bond acceptors (Lipinski definition) is 14. The summed E-state index contributed by atoms with van der Waals surface area (Å²) >= 11 is 0. The number of aliphatic hydroxyl groups excluding tert-OH is 2. The van der Waals surface area contributed by atoms with Crippen LogP contribution in [0.4, 0.5) is 0 Å². The Morgan fingerprint density at radius 2 is 1.97 bits per heavy atom. The van der Waals surface area contributed by atoms with Crippen molar-refractivity contribution in [2.24, 2.45) is 29.4 Å². The predicted molar refractivity (Wildman–Crippen MR) is 261 cm³/mol. The number of aliphatic hydroxyl groups is 2. The molecule has 1 spiro atoms. The summed E-state index contributed by atoms with van der Waals surface area (Å²) in [7, 11) is 5.37. The molecule has 3 aromatic rings. The maximum absolute atomic E-state index is 14.6. The molecule has 6 N–H and O–H groups in total. The van der Waals surface area contributed by atoms with Crippen molar-refractivity contribution >= 4 is 50.7 Å². The van der Waals surface area contributed by atoms with Crippen LogP contribution in [0, 0.1) is 23.7 Å². The van der Waals surface area contributed by atoms with Gasteiger partial charge in [0.25, 0.3) is 0 Å². The normalized spacial score (nSPS) is 30.1. The molecule has 0 radical (unpaired) electrons. The van der Waals surface area contributed by atoms with E-state index in [2.05, 4.69) is 16.7 Å². The van der Waals surface area contributed by atoms with Gasteiger partial charge in [-0.05, 0) is 106 Å². The van der Waals surface area contributed by atoms with E-state index in [-0.39, 0.29) is 60.4 Å². The van der Waals surface area contributed by atoms with Gasteiger partial charge in [0.1, 0.15) is 17.6 Å². The van der Waals surface area contributed by atoms with E-state index in [0.717, 1.165) is 34.1 Å². The van der Waals surface area contributed by atoms with E-state index in [4.69, 9.17) is 19.6 Å². The van der Waals surface area contributed by atoms with E-state index >= 15 is 0 Å². The van der Waals surface area contributed by atoms with Crippen molar-refractivity contribution in [1.82, 2.24) is 15.5 Å². The molecule has 1 saturated heterocycles. The van der Waals surface area contributed by atoms with E-state index < -0.39 is 34.8 Å². The number of fused-ring (bicyclic) bond motifs is 5. The Morgan fingerprint density at radius 3 is 2.72 bits per heavy atom. The zero-order chi connectivity index (χ0) is 47.2. The van der Waals surface area contributed by atoms with Crippen LogP contribution in [-0.2, 0) is 38.4 Å². The molecule has 10 atom stereocenters. The van der Waals surface area contributed by atoms with Crippen LogP contribution in [0.2, 0.25) is 0 Å². The molecule has 1 aromatic heterocycles. The van der Waals surface area contributed by atoms with Crippen LogP contribution in [0.15, 0.2) is 104 Å². The van der Waals surface area contributed by atoms with Crippen molar-refractivity contribution in [3.8, 4) is 5.75 Å². The summed E-state index contributed by atoms with van der Waals surface area (Å²) in [5.41, 5.74) is 9.55. The number of carbonyl (C=O) groups is 3. The molecule has 2 fully saturated rings. The van der Waals surface area contributed by atoms with Crippen molar-refractivity contribution < 1.29 is 38.5 Å². The van der Waals surface area contributed by atoms with E-state index in [9.17, 15) is 29.4 Å². The number of nitrogens with two attached hydrogens (primary N) is 1. The lowest BCUT2D eigenvalue weighted by Crippen LogP contribution is -2.71. The average Bonchev–Trinajstić information content (AvgIpc) is 3.68. The summed E-state index contributed by atoms with van der Waals surface area (Å²) in [5, 5.41) is 28.6. The number of aldehydes is 1. The van der Waals surface area contributed by atoms with Gasteiger partial charge in [0.05, 0.1) is 30.3 Å². The van der Waals surface area contributed by atoms with E-state index in [0.29, 0.717) is 91.0 Å². The number of amides is 1.